The number of nitrogens with zero attached hydrogens (tertiary/aromatic N) is 6. The molecule has 0 spiro atoms. The molecule has 6 aromatic rings. The predicted molar refractivity (Wildman–Crippen MR) is 176 cm³/mol. The topological polar surface area (TPSA) is 230 Å². The maximum absolute atomic E-state index is 12.9. The summed E-state index contributed by atoms with van der Waals surface area (Å²) in [6, 6.07) is 29.8. The molecule has 0 radical (unpaired) electrons. The van der Waals surface area contributed by atoms with E-state index in [2.05, 4.69) is 20.4 Å². The van der Waals surface area contributed by atoms with Crippen LogP contribution in [0, 0.1) is 13.8 Å². The molecule has 4 aromatic carbocycles. The van der Waals surface area contributed by atoms with Crippen LogP contribution in [0.2, 0.25) is 0 Å². The van der Waals surface area contributed by atoms with Crippen LogP contribution >= 0.6 is 0 Å². The average molecular weight is 857 g/mol. The third-order valence-corrected chi connectivity index (χ3v) is 8.73. The molecule has 0 saturated heterocycles. The monoisotopic (exact) mass is 856 g/mol. The maximum Gasteiger partial charge on any atom is 1.00 e. The number of rotatable bonds is 5. The third kappa shape index (κ3) is 9.02. The van der Waals surface area contributed by atoms with Crippen molar-refractivity contribution >= 4 is 5.78 Å². The van der Waals surface area contributed by atoms with Gasteiger partial charge in [-0.15, -0.1) is 20.4 Å². The summed E-state index contributed by atoms with van der Waals surface area (Å²) in [6.45, 7) is 4.79. The molecule has 0 aliphatic carbocycles. The first-order valence-electron chi connectivity index (χ1n) is 16.2. The number of hydrogen-bond acceptors (Lipinski definition) is 13. The van der Waals surface area contributed by atoms with Gasteiger partial charge in [0.1, 0.15) is 50.6 Å². The van der Waals surface area contributed by atoms with Crippen LogP contribution in [-0.4, -0.2) is 52.1 Å². The van der Waals surface area contributed by atoms with Crippen molar-refractivity contribution in [2.75, 3.05) is 6.61 Å². The van der Waals surface area contributed by atoms with Crippen LogP contribution in [0.25, 0.3) is 11.4 Å². The SMILES string of the molecule is Cc1nnc2n1-c1cccc(C(=O)c3ccccc3)c1COC2.Cc1nnc2n1-c1cccc(C(O)(CO)c3ccccc3)c1COC2.[Na+].[O-][I+3]([O-])([O-])[O-]. The summed E-state index contributed by atoms with van der Waals surface area (Å²) < 4.78 is 49.8. The van der Waals surface area contributed by atoms with E-state index >= 15 is 0 Å². The number of ketones is 1. The minimum atomic E-state index is -5.94. The second-order valence-corrected chi connectivity index (χ2v) is 14.2. The Hall–Kier alpha value is -3.76. The summed E-state index contributed by atoms with van der Waals surface area (Å²) in [5, 5.41) is 37.9. The fraction of sp³-hybridized carbons (Fsp3) is 0.216. The molecule has 4 heterocycles. The second-order valence-electron chi connectivity index (χ2n) is 12.0. The van der Waals surface area contributed by atoms with Crippen molar-refractivity contribution < 1.29 is 87.9 Å². The van der Waals surface area contributed by atoms with E-state index in [-0.39, 0.29) is 35.3 Å². The molecule has 1 unspecified atom stereocenters. The molecule has 274 valence electrons. The number of aliphatic hydroxyl groups excluding tert-OH is 1. The van der Waals surface area contributed by atoms with Crippen molar-refractivity contribution in [2.24, 2.45) is 0 Å². The number of ether oxygens (including phenoxy) is 2. The summed E-state index contributed by atoms with van der Waals surface area (Å²) in [7, 11) is 0. The number of carbonyl (C=O) groups is 1. The Morgan fingerprint density at radius 3 is 1.72 bits per heavy atom. The molecule has 8 rings (SSSR count). The van der Waals surface area contributed by atoms with Crippen molar-refractivity contribution in [2.45, 2.75) is 45.9 Å². The Balaban J connectivity index is 0.000000182. The van der Waals surface area contributed by atoms with Crippen LogP contribution < -0.4 is 63.4 Å². The van der Waals surface area contributed by atoms with Crippen molar-refractivity contribution in [3.8, 4) is 11.4 Å². The molecule has 15 nitrogen and oxygen atoms in total. The first-order valence-corrected chi connectivity index (χ1v) is 19.8. The van der Waals surface area contributed by atoms with E-state index in [1.54, 1.807) is 0 Å². The van der Waals surface area contributed by atoms with E-state index in [0.717, 1.165) is 45.8 Å². The van der Waals surface area contributed by atoms with Gasteiger partial charge in [0.2, 0.25) is 0 Å². The van der Waals surface area contributed by atoms with Crippen LogP contribution in [0.4, 0.5) is 0 Å². The molecular formula is C37H34IN6NaO9. The number of halogens is 1. The Kier molecular flexibility index (Phi) is 13.6. The van der Waals surface area contributed by atoms with E-state index in [9.17, 15) is 15.0 Å². The van der Waals surface area contributed by atoms with Crippen molar-refractivity contribution in [1.29, 1.82) is 0 Å². The van der Waals surface area contributed by atoms with E-state index in [4.69, 9.17) is 23.2 Å². The Labute approximate surface area is 338 Å². The standard InChI is InChI=1S/C19H19N3O3.C18H15N3O2.IO4.Na/c1-13-20-21-18-11-25-10-15-16(8-5-9-17(15)22(13)18)19(24,12-23)14-6-3-2-4-7-14;1-12-19-20-17-11-23-10-15-14(8-5-9-16(15)21(12)17)18(22)13-6-3-2-4-7-13;2-1(3,4)5;/h2-9,23-24H,10-12H2,1H3;2-9H,10-11H2,1H3;;/q;;-1;+1. The summed E-state index contributed by atoms with van der Waals surface area (Å²) in [6.07, 6.45) is 0. The molecule has 0 bridgehead atoms. The molecule has 0 fully saturated rings. The van der Waals surface area contributed by atoms with Gasteiger partial charge in [0, 0.05) is 22.3 Å². The molecule has 2 N–H and O–H groups in total. The number of hydrogen-bond donors (Lipinski definition) is 2. The molecule has 0 saturated carbocycles. The quantitative estimate of drug-likeness (QED) is 0.0937. The van der Waals surface area contributed by atoms with Crippen molar-refractivity contribution in [3.05, 3.63) is 154 Å². The van der Waals surface area contributed by atoms with Crippen molar-refractivity contribution in [3.63, 3.8) is 0 Å². The van der Waals surface area contributed by atoms with Crippen LogP contribution in [0.15, 0.2) is 97.1 Å². The molecule has 54 heavy (non-hydrogen) atoms. The van der Waals surface area contributed by atoms with Gasteiger partial charge in [-0.05, 0) is 37.1 Å². The zero-order valence-electron chi connectivity index (χ0n) is 29.6. The first-order chi connectivity index (χ1) is 25.4. The zero-order chi connectivity index (χ0) is 37.8. The number of carbonyl (C=O) groups excluding carboxylic acids is 1. The molecular weight excluding hydrogens is 822 g/mol. The summed E-state index contributed by atoms with van der Waals surface area (Å²) in [4.78, 5) is 12.9. The van der Waals surface area contributed by atoms with Gasteiger partial charge >= 0.3 is 29.6 Å². The Bertz CT molecular complexity index is 2210. The van der Waals surface area contributed by atoms with E-state index < -0.39 is 32.3 Å². The predicted octanol–water partition coefficient (Wildman–Crippen LogP) is -6.08. The molecule has 2 aliphatic rings. The number of aliphatic hydroxyl groups is 2. The van der Waals surface area contributed by atoms with Crippen molar-refractivity contribution in [1.82, 2.24) is 29.5 Å². The largest absolute Gasteiger partial charge is 1.00 e. The first kappa shape index (κ1) is 41.4. The number of benzene rings is 4. The minimum Gasteiger partial charge on any atom is -0.393 e. The van der Waals surface area contributed by atoms with Crippen LogP contribution in [0.5, 0.6) is 0 Å². The minimum absolute atomic E-state index is 0. The number of fused-ring (bicyclic) bond motifs is 6. The molecule has 17 heteroatoms. The molecule has 0 amide bonds. The number of aryl methyl sites for hydroxylation is 2. The van der Waals surface area contributed by atoms with E-state index in [0.29, 0.717) is 48.7 Å². The molecule has 2 aromatic heterocycles. The van der Waals surface area contributed by atoms with Crippen LogP contribution in [-0.2, 0) is 41.5 Å². The van der Waals surface area contributed by atoms with Gasteiger partial charge in [0.25, 0.3) is 0 Å². The van der Waals surface area contributed by atoms with Crippen LogP contribution in [0.3, 0.4) is 0 Å². The zero-order valence-corrected chi connectivity index (χ0v) is 33.7. The third-order valence-electron chi connectivity index (χ3n) is 8.73. The normalized spacial score (nSPS) is 14.0. The summed E-state index contributed by atoms with van der Waals surface area (Å²) >= 11 is -5.94. The molecule has 2 aliphatic heterocycles. The van der Waals surface area contributed by atoms with E-state index in [1.165, 1.54) is 0 Å². The summed E-state index contributed by atoms with van der Waals surface area (Å²) in [5.41, 5.74) is 4.57. The summed E-state index contributed by atoms with van der Waals surface area (Å²) in [5.74, 6) is 3.02. The van der Waals surface area contributed by atoms with Gasteiger partial charge in [-0.2, -0.15) is 0 Å². The maximum atomic E-state index is 12.9. The Morgan fingerprint density at radius 2 is 1.19 bits per heavy atom. The fourth-order valence-corrected chi connectivity index (χ4v) is 6.38. The van der Waals surface area contributed by atoms with Gasteiger partial charge in [-0.3, -0.25) is 27.7 Å². The van der Waals surface area contributed by atoms with Crippen LogP contribution in [0.1, 0.15) is 61.5 Å². The van der Waals surface area contributed by atoms with Gasteiger partial charge < -0.3 is 19.7 Å². The van der Waals surface area contributed by atoms with Gasteiger partial charge in [0.05, 0.1) is 31.2 Å². The Morgan fingerprint density at radius 1 is 0.704 bits per heavy atom. The van der Waals surface area contributed by atoms with E-state index in [1.807, 2.05) is 120 Å². The van der Waals surface area contributed by atoms with Gasteiger partial charge in [-0.25, -0.2) is 0 Å². The number of aromatic nitrogens is 6. The van der Waals surface area contributed by atoms with Gasteiger partial charge in [0.15, 0.2) is 17.4 Å². The van der Waals surface area contributed by atoms with Gasteiger partial charge in [-0.1, -0.05) is 84.9 Å². The molecule has 1 atom stereocenters. The second kappa shape index (κ2) is 17.8. The fourth-order valence-electron chi connectivity index (χ4n) is 6.38. The average Bonchev–Trinajstić information content (AvgIpc) is 3.56. The smallest absolute Gasteiger partial charge is 0.393 e.